The molecule has 0 amide bonds. The van der Waals surface area contributed by atoms with Crippen molar-refractivity contribution in [3.63, 3.8) is 0 Å². The second-order valence-corrected chi connectivity index (χ2v) is 5.03. The average molecular weight is 307 g/mol. The molecule has 2 aromatic carbocycles. The highest BCUT2D eigenvalue weighted by Crippen LogP contribution is 2.16. The number of aryl methyl sites for hydroxylation is 1. The van der Waals surface area contributed by atoms with E-state index >= 15 is 0 Å². The average Bonchev–Trinajstić information content (AvgIpc) is 2.90. The Morgan fingerprint density at radius 2 is 1.87 bits per heavy atom. The fourth-order valence-corrected chi connectivity index (χ4v) is 2.32. The second-order valence-electron chi connectivity index (χ2n) is 5.03. The van der Waals surface area contributed by atoms with Gasteiger partial charge in [0, 0.05) is 19.2 Å². The lowest BCUT2D eigenvalue weighted by Gasteiger charge is -1.98. The summed E-state index contributed by atoms with van der Waals surface area (Å²) in [7, 11) is 1.79. The fraction of sp³-hybridized carbons (Fsp3) is 0.0588. The SMILES string of the molecule is Cn1c(C(=O)C=Cc2ccc([N+](=O)[O-])cc2)nc2ccccc21. The number of hydrogen-bond acceptors (Lipinski definition) is 4. The van der Waals surface area contributed by atoms with Gasteiger partial charge in [-0.2, -0.15) is 0 Å². The predicted octanol–water partition coefficient (Wildman–Crippen LogP) is 3.38. The Bertz CT molecular complexity index is 924. The van der Waals surface area contributed by atoms with Crippen LogP contribution >= 0.6 is 0 Å². The van der Waals surface area contributed by atoms with Crippen molar-refractivity contribution in [3.8, 4) is 0 Å². The first-order valence-corrected chi connectivity index (χ1v) is 6.94. The number of aromatic nitrogens is 2. The summed E-state index contributed by atoms with van der Waals surface area (Å²) in [6.07, 6.45) is 3.04. The van der Waals surface area contributed by atoms with Gasteiger partial charge in [-0.05, 0) is 35.9 Å². The third-order valence-electron chi connectivity index (χ3n) is 3.54. The van der Waals surface area contributed by atoms with E-state index in [0.717, 1.165) is 11.0 Å². The first kappa shape index (κ1) is 14.6. The standard InChI is InChI=1S/C17H13N3O3/c1-19-15-5-3-2-4-14(15)18-17(19)16(21)11-8-12-6-9-13(10-7-12)20(22)23/h2-11H,1H3. The van der Waals surface area contributed by atoms with E-state index in [0.29, 0.717) is 11.4 Å². The normalized spacial score (nSPS) is 11.2. The highest BCUT2D eigenvalue weighted by Gasteiger charge is 2.12. The lowest BCUT2D eigenvalue weighted by Crippen LogP contribution is -2.04. The van der Waals surface area contributed by atoms with Crippen molar-refractivity contribution >= 4 is 28.6 Å². The molecule has 0 spiro atoms. The van der Waals surface area contributed by atoms with Gasteiger partial charge in [-0.3, -0.25) is 14.9 Å². The topological polar surface area (TPSA) is 78.0 Å². The molecule has 0 radical (unpaired) electrons. The largest absolute Gasteiger partial charge is 0.324 e. The molecule has 114 valence electrons. The number of benzene rings is 2. The summed E-state index contributed by atoms with van der Waals surface area (Å²) in [5.74, 6) is 0.131. The molecule has 3 aromatic rings. The van der Waals surface area contributed by atoms with Crippen molar-refractivity contribution in [1.82, 2.24) is 9.55 Å². The Morgan fingerprint density at radius 1 is 1.17 bits per heavy atom. The van der Waals surface area contributed by atoms with Crippen LogP contribution in [0.4, 0.5) is 5.69 Å². The highest BCUT2D eigenvalue weighted by molar-refractivity contribution is 6.06. The third kappa shape index (κ3) is 2.87. The number of carbonyl (C=O) groups is 1. The minimum atomic E-state index is -0.460. The smallest absolute Gasteiger partial charge is 0.269 e. The number of hydrogen-bond donors (Lipinski definition) is 0. The van der Waals surface area contributed by atoms with Crippen LogP contribution in [0.3, 0.4) is 0 Å². The molecule has 6 heteroatoms. The molecule has 3 rings (SSSR count). The number of ketones is 1. The van der Waals surface area contributed by atoms with E-state index < -0.39 is 4.92 Å². The van der Waals surface area contributed by atoms with Gasteiger partial charge in [0.2, 0.25) is 5.78 Å². The number of non-ortho nitro benzene ring substituents is 1. The summed E-state index contributed by atoms with van der Waals surface area (Å²) >= 11 is 0. The molecule has 6 nitrogen and oxygen atoms in total. The van der Waals surface area contributed by atoms with Gasteiger partial charge in [0.25, 0.3) is 5.69 Å². The maximum Gasteiger partial charge on any atom is 0.269 e. The molecule has 0 atom stereocenters. The fourth-order valence-electron chi connectivity index (χ4n) is 2.32. The Labute approximate surface area is 131 Å². The molecule has 0 unspecified atom stereocenters. The zero-order valence-electron chi connectivity index (χ0n) is 12.3. The molecular formula is C17H13N3O3. The van der Waals surface area contributed by atoms with E-state index in [1.54, 1.807) is 29.8 Å². The number of nitrogens with zero attached hydrogens (tertiary/aromatic N) is 3. The Kier molecular flexibility index (Phi) is 3.72. The molecule has 0 aliphatic rings. The molecule has 0 saturated heterocycles. The zero-order valence-corrected chi connectivity index (χ0v) is 12.3. The first-order chi connectivity index (χ1) is 11.1. The lowest BCUT2D eigenvalue weighted by atomic mass is 10.2. The Hall–Kier alpha value is -3.28. The molecular weight excluding hydrogens is 294 g/mol. The van der Waals surface area contributed by atoms with Crippen LogP contribution in [0.2, 0.25) is 0 Å². The number of imidazole rings is 1. The molecule has 0 N–H and O–H groups in total. The van der Waals surface area contributed by atoms with Crippen molar-refractivity contribution in [3.05, 3.63) is 76.1 Å². The minimum Gasteiger partial charge on any atom is -0.324 e. The highest BCUT2D eigenvalue weighted by atomic mass is 16.6. The lowest BCUT2D eigenvalue weighted by molar-refractivity contribution is -0.384. The quantitative estimate of drug-likeness (QED) is 0.320. The van der Waals surface area contributed by atoms with E-state index in [1.165, 1.54) is 18.2 Å². The molecule has 0 fully saturated rings. The van der Waals surface area contributed by atoms with Crippen LogP contribution in [0.25, 0.3) is 17.1 Å². The maximum atomic E-state index is 12.3. The summed E-state index contributed by atoms with van der Waals surface area (Å²) < 4.78 is 1.75. The molecule has 1 heterocycles. The van der Waals surface area contributed by atoms with E-state index in [-0.39, 0.29) is 11.5 Å². The van der Waals surface area contributed by atoms with Crippen LogP contribution in [0.1, 0.15) is 16.2 Å². The van der Waals surface area contributed by atoms with Gasteiger partial charge in [0.15, 0.2) is 5.82 Å². The van der Waals surface area contributed by atoms with E-state index in [4.69, 9.17) is 0 Å². The van der Waals surface area contributed by atoms with Gasteiger partial charge in [-0.15, -0.1) is 0 Å². The number of para-hydroxylation sites is 2. The predicted molar refractivity (Wildman–Crippen MR) is 87.2 cm³/mol. The summed E-state index contributed by atoms with van der Waals surface area (Å²) in [4.78, 5) is 26.8. The number of nitro groups is 1. The van der Waals surface area contributed by atoms with Crippen LogP contribution < -0.4 is 0 Å². The van der Waals surface area contributed by atoms with Crippen molar-refractivity contribution in [2.45, 2.75) is 0 Å². The summed E-state index contributed by atoms with van der Waals surface area (Å²) in [6, 6.07) is 13.5. The van der Waals surface area contributed by atoms with Gasteiger partial charge in [0.1, 0.15) is 0 Å². The van der Waals surface area contributed by atoms with Gasteiger partial charge in [0.05, 0.1) is 16.0 Å². The van der Waals surface area contributed by atoms with Crippen molar-refractivity contribution < 1.29 is 9.72 Å². The summed E-state index contributed by atoms with van der Waals surface area (Å²) in [5, 5.41) is 10.6. The van der Waals surface area contributed by atoms with Gasteiger partial charge < -0.3 is 4.57 Å². The zero-order chi connectivity index (χ0) is 16.4. The van der Waals surface area contributed by atoms with Crippen molar-refractivity contribution in [1.29, 1.82) is 0 Å². The maximum absolute atomic E-state index is 12.3. The minimum absolute atomic E-state index is 0.0174. The molecule has 0 aliphatic carbocycles. The summed E-state index contributed by atoms with van der Waals surface area (Å²) in [6.45, 7) is 0. The molecule has 0 aliphatic heterocycles. The van der Waals surface area contributed by atoms with Crippen LogP contribution in [0.5, 0.6) is 0 Å². The third-order valence-corrected chi connectivity index (χ3v) is 3.54. The van der Waals surface area contributed by atoms with Gasteiger partial charge >= 0.3 is 0 Å². The number of allylic oxidation sites excluding steroid dienone is 1. The number of fused-ring (bicyclic) bond motifs is 1. The van der Waals surface area contributed by atoms with Crippen LogP contribution in [-0.4, -0.2) is 20.3 Å². The monoisotopic (exact) mass is 307 g/mol. The van der Waals surface area contributed by atoms with Crippen LogP contribution in [0.15, 0.2) is 54.6 Å². The molecule has 1 aromatic heterocycles. The van der Waals surface area contributed by atoms with Gasteiger partial charge in [-0.1, -0.05) is 18.2 Å². The second kappa shape index (κ2) is 5.84. The molecule has 0 saturated carbocycles. The Morgan fingerprint density at radius 3 is 2.52 bits per heavy atom. The number of rotatable bonds is 4. The van der Waals surface area contributed by atoms with E-state index in [2.05, 4.69) is 4.98 Å². The first-order valence-electron chi connectivity index (χ1n) is 6.94. The summed E-state index contributed by atoms with van der Waals surface area (Å²) in [5.41, 5.74) is 2.38. The van der Waals surface area contributed by atoms with Crippen molar-refractivity contribution in [2.75, 3.05) is 0 Å². The van der Waals surface area contributed by atoms with Crippen molar-refractivity contribution in [2.24, 2.45) is 7.05 Å². The van der Waals surface area contributed by atoms with E-state index in [1.807, 2.05) is 24.3 Å². The number of carbonyl (C=O) groups excluding carboxylic acids is 1. The Balaban J connectivity index is 1.85. The molecule has 23 heavy (non-hydrogen) atoms. The van der Waals surface area contributed by atoms with Gasteiger partial charge in [-0.25, -0.2) is 4.98 Å². The van der Waals surface area contributed by atoms with Crippen LogP contribution in [-0.2, 0) is 7.05 Å². The molecule has 0 bridgehead atoms. The van der Waals surface area contributed by atoms with Crippen LogP contribution in [0, 0.1) is 10.1 Å². The number of nitro benzene ring substituents is 1. The van der Waals surface area contributed by atoms with E-state index in [9.17, 15) is 14.9 Å².